The standard InChI is InChI=1S/C22H21N3OS/c1-2-13-23-22(27)25-24-15-17-7-5-11-20(14-17)26-16-19-10-6-9-18-8-3-4-12-21(18)19/h2-12,14-15H,1,13,16H2,(H2,23,25,27)/b24-15-. The number of nitrogens with one attached hydrogen (secondary N) is 2. The van der Waals surface area contributed by atoms with Gasteiger partial charge in [0.15, 0.2) is 5.11 Å². The minimum atomic E-state index is 0.453. The van der Waals surface area contributed by atoms with E-state index < -0.39 is 0 Å². The first-order chi connectivity index (χ1) is 13.3. The van der Waals surface area contributed by atoms with Crippen LogP contribution in [0.4, 0.5) is 0 Å². The van der Waals surface area contributed by atoms with Crippen molar-refractivity contribution in [3.05, 3.63) is 90.5 Å². The minimum absolute atomic E-state index is 0.453. The van der Waals surface area contributed by atoms with Gasteiger partial charge in [0.05, 0.1) is 6.21 Å². The van der Waals surface area contributed by atoms with Gasteiger partial charge in [0.1, 0.15) is 12.4 Å². The Kier molecular flexibility index (Phi) is 6.55. The number of ether oxygens (including phenoxy) is 1. The second-order valence-electron chi connectivity index (χ2n) is 5.87. The first-order valence-electron chi connectivity index (χ1n) is 8.63. The largest absolute Gasteiger partial charge is 0.489 e. The number of hydrogen-bond acceptors (Lipinski definition) is 3. The molecule has 0 heterocycles. The number of nitrogens with zero attached hydrogens (tertiary/aromatic N) is 1. The van der Waals surface area contributed by atoms with Crippen LogP contribution in [0.1, 0.15) is 11.1 Å². The molecule has 0 aliphatic rings. The molecule has 0 radical (unpaired) electrons. The van der Waals surface area contributed by atoms with Crippen molar-refractivity contribution < 1.29 is 4.74 Å². The monoisotopic (exact) mass is 375 g/mol. The molecular weight excluding hydrogens is 354 g/mol. The van der Waals surface area contributed by atoms with Gasteiger partial charge >= 0.3 is 0 Å². The normalized spacial score (nSPS) is 10.7. The Morgan fingerprint density at radius 3 is 2.78 bits per heavy atom. The third-order valence-corrected chi connectivity index (χ3v) is 4.15. The van der Waals surface area contributed by atoms with Crippen molar-refractivity contribution >= 4 is 34.3 Å². The third-order valence-electron chi connectivity index (χ3n) is 3.92. The molecule has 4 nitrogen and oxygen atoms in total. The summed E-state index contributed by atoms with van der Waals surface area (Å²) in [5.41, 5.74) is 4.85. The van der Waals surface area contributed by atoms with Crippen LogP contribution in [0.25, 0.3) is 10.8 Å². The van der Waals surface area contributed by atoms with Gasteiger partial charge in [-0.15, -0.1) is 6.58 Å². The zero-order valence-electron chi connectivity index (χ0n) is 14.9. The average molecular weight is 375 g/mol. The molecule has 0 fully saturated rings. The molecule has 27 heavy (non-hydrogen) atoms. The van der Waals surface area contributed by atoms with Gasteiger partial charge < -0.3 is 10.1 Å². The van der Waals surface area contributed by atoms with Gasteiger partial charge in [-0.3, -0.25) is 5.43 Å². The van der Waals surface area contributed by atoms with E-state index in [9.17, 15) is 0 Å². The van der Waals surface area contributed by atoms with Gasteiger partial charge in [-0.05, 0) is 46.2 Å². The van der Waals surface area contributed by atoms with Crippen LogP contribution in [0.15, 0.2) is 84.5 Å². The molecule has 0 amide bonds. The van der Waals surface area contributed by atoms with Crippen LogP contribution in [0.2, 0.25) is 0 Å². The number of hydrazone groups is 1. The topological polar surface area (TPSA) is 45.7 Å². The van der Waals surface area contributed by atoms with Gasteiger partial charge in [0.25, 0.3) is 0 Å². The van der Waals surface area contributed by atoms with Crippen molar-refractivity contribution in [2.75, 3.05) is 6.54 Å². The fourth-order valence-corrected chi connectivity index (χ4v) is 2.77. The summed E-state index contributed by atoms with van der Waals surface area (Å²) in [5.74, 6) is 0.791. The van der Waals surface area contributed by atoms with Crippen LogP contribution in [0, 0.1) is 0 Å². The number of thiocarbonyl (C=S) groups is 1. The number of hydrogen-bond donors (Lipinski definition) is 2. The van der Waals surface area contributed by atoms with Crippen molar-refractivity contribution in [3.8, 4) is 5.75 Å². The van der Waals surface area contributed by atoms with E-state index in [2.05, 4.69) is 52.8 Å². The van der Waals surface area contributed by atoms with E-state index in [-0.39, 0.29) is 0 Å². The van der Waals surface area contributed by atoms with E-state index in [1.807, 2.05) is 36.4 Å². The molecule has 0 saturated heterocycles. The fraction of sp³-hybridized carbons (Fsp3) is 0.0909. The maximum atomic E-state index is 5.99. The van der Waals surface area contributed by atoms with Gasteiger partial charge in [-0.1, -0.05) is 60.7 Å². The molecule has 0 spiro atoms. The van der Waals surface area contributed by atoms with E-state index in [0.29, 0.717) is 18.3 Å². The van der Waals surface area contributed by atoms with Crippen molar-refractivity contribution in [2.45, 2.75) is 6.61 Å². The van der Waals surface area contributed by atoms with Crippen molar-refractivity contribution in [2.24, 2.45) is 5.10 Å². The molecule has 0 bridgehead atoms. The van der Waals surface area contributed by atoms with Crippen molar-refractivity contribution in [1.29, 1.82) is 0 Å². The van der Waals surface area contributed by atoms with Gasteiger partial charge in [0, 0.05) is 6.54 Å². The molecular formula is C22H21N3OS. The molecule has 0 saturated carbocycles. The second kappa shape index (κ2) is 9.50. The number of fused-ring (bicyclic) bond motifs is 1. The quantitative estimate of drug-likeness (QED) is 0.278. The predicted molar refractivity (Wildman–Crippen MR) is 116 cm³/mol. The number of benzene rings is 3. The number of rotatable bonds is 7. The summed E-state index contributed by atoms with van der Waals surface area (Å²) in [6, 6.07) is 22.3. The summed E-state index contributed by atoms with van der Waals surface area (Å²) >= 11 is 5.09. The molecule has 0 aliphatic heterocycles. The summed E-state index contributed by atoms with van der Waals surface area (Å²) in [6.07, 6.45) is 3.43. The highest BCUT2D eigenvalue weighted by molar-refractivity contribution is 7.80. The molecule has 3 aromatic rings. The lowest BCUT2D eigenvalue weighted by atomic mass is 10.1. The lowest BCUT2D eigenvalue weighted by Gasteiger charge is -2.09. The van der Waals surface area contributed by atoms with Gasteiger partial charge in [-0.25, -0.2) is 0 Å². The molecule has 136 valence electrons. The zero-order chi connectivity index (χ0) is 18.9. The third kappa shape index (κ3) is 5.39. The van der Waals surface area contributed by atoms with Gasteiger partial charge in [-0.2, -0.15) is 5.10 Å². The Morgan fingerprint density at radius 1 is 1.07 bits per heavy atom. The molecule has 0 aliphatic carbocycles. The van der Waals surface area contributed by atoms with E-state index in [1.165, 1.54) is 10.8 Å². The molecule has 3 aromatic carbocycles. The van der Waals surface area contributed by atoms with E-state index in [1.54, 1.807) is 12.3 Å². The molecule has 0 aromatic heterocycles. The van der Waals surface area contributed by atoms with E-state index >= 15 is 0 Å². The summed E-state index contributed by atoms with van der Waals surface area (Å²) in [7, 11) is 0. The first kappa shape index (κ1) is 18.6. The smallest absolute Gasteiger partial charge is 0.187 e. The highest BCUT2D eigenvalue weighted by Gasteiger charge is 2.02. The minimum Gasteiger partial charge on any atom is -0.489 e. The van der Waals surface area contributed by atoms with Crippen LogP contribution >= 0.6 is 12.2 Å². The summed E-state index contributed by atoms with van der Waals surface area (Å²) in [4.78, 5) is 0. The van der Waals surface area contributed by atoms with Crippen LogP contribution in [0.5, 0.6) is 5.75 Å². The molecule has 0 atom stereocenters. The van der Waals surface area contributed by atoms with Crippen LogP contribution in [-0.4, -0.2) is 17.9 Å². The van der Waals surface area contributed by atoms with Gasteiger partial charge in [0.2, 0.25) is 0 Å². The summed E-state index contributed by atoms with van der Waals surface area (Å²) in [6.45, 7) is 4.73. The SMILES string of the molecule is C=CCNC(=S)N/N=C\c1cccc(OCc2cccc3ccccc23)c1. The van der Waals surface area contributed by atoms with E-state index in [0.717, 1.165) is 16.9 Å². The lowest BCUT2D eigenvalue weighted by molar-refractivity contribution is 0.307. The maximum Gasteiger partial charge on any atom is 0.187 e. The Hall–Kier alpha value is -3.18. The highest BCUT2D eigenvalue weighted by atomic mass is 32.1. The Labute approximate surface area is 164 Å². The van der Waals surface area contributed by atoms with Crippen LogP contribution in [0.3, 0.4) is 0 Å². The molecule has 0 unspecified atom stereocenters. The second-order valence-corrected chi connectivity index (χ2v) is 6.28. The summed E-state index contributed by atoms with van der Waals surface area (Å²) in [5, 5.41) is 9.95. The maximum absolute atomic E-state index is 5.99. The molecule has 2 N–H and O–H groups in total. The zero-order valence-corrected chi connectivity index (χ0v) is 15.7. The fourth-order valence-electron chi connectivity index (χ4n) is 2.63. The average Bonchev–Trinajstić information content (AvgIpc) is 2.71. The first-order valence-corrected chi connectivity index (χ1v) is 9.04. The van der Waals surface area contributed by atoms with E-state index in [4.69, 9.17) is 17.0 Å². The Balaban J connectivity index is 1.62. The Bertz CT molecular complexity index is 963. The van der Waals surface area contributed by atoms with Crippen LogP contribution < -0.4 is 15.5 Å². The summed E-state index contributed by atoms with van der Waals surface area (Å²) < 4.78 is 5.99. The van der Waals surface area contributed by atoms with Crippen LogP contribution in [-0.2, 0) is 6.61 Å². The predicted octanol–water partition coefficient (Wildman–Crippen LogP) is 4.40. The van der Waals surface area contributed by atoms with Crippen molar-refractivity contribution in [3.63, 3.8) is 0 Å². The van der Waals surface area contributed by atoms with Crippen molar-refractivity contribution in [1.82, 2.24) is 10.7 Å². The highest BCUT2D eigenvalue weighted by Crippen LogP contribution is 2.21. The Morgan fingerprint density at radius 2 is 1.89 bits per heavy atom. The molecule has 3 rings (SSSR count). The molecule has 5 heteroatoms. The lowest BCUT2D eigenvalue weighted by Crippen LogP contribution is -2.31.